The van der Waals surface area contributed by atoms with Gasteiger partial charge in [0.15, 0.2) is 6.61 Å². The van der Waals surface area contributed by atoms with Gasteiger partial charge in [-0.15, -0.1) is 0 Å². The van der Waals surface area contributed by atoms with Crippen LogP contribution >= 0.6 is 0 Å². The van der Waals surface area contributed by atoms with Gasteiger partial charge in [-0.25, -0.2) is 5.43 Å². The van der Waals surface area contributed by atoms with Crippen molar-refractivity contribution in [3.63, 3.8) is 0 Å². The predicted molar refractivity (Wildman–Crippen MR) is 132 cm³/mol. The third-order valence-electron chi connectivity index (χ3n) is 5.20. The molecule has 2 aromatic rings. The van der Waals surface area contributed by atoms with Crippen molar-refractivity contribution in [2.75, 3.05) is 13.2 Å². The number of benzene rings is 2. The van der Waals surface area contributed by atoms with Gasteiger partial charge < -0.3 is 9.47 Å². The van der Waals surface area contributed by atoms with Gasteiger partial charge in [-0.3, -0.25) is 4.79 Å². The molecule has 0 heterocycles. The number of amides is 1. The second-order valence-electron chi connectivity index (χ2n) is 8.46. The Balaban J connectivity index is 1.70. The summed E-state index contributed by atoms with van der Waals surface area (Å²) in [4.78, 5) is 12.1. The zero-order valence-electron chi connectivity index (χ0n) is 20.0. The fourth-order valence-corrected chi connectivity index (χ4v) is 3.32. The van der Waals surface area contributed by atoms with Crippen LogP contribution in [0.1, 0.15) is 81.9 Å². The summed E-state index contributed by atoms with van der Waals surface area (Å²) in [6.07, 6.45) is 9.12. The molecule has 0 aliphatic carbocycles. The van der Waals surface area contributed by atoms with E-state index in [1.807, 2.05) is 43.3 Å². The molecule has 0 radical (unpaired) electrons. The molecule has 2 rings (SSSR count). The molecule has 5 heteroatoms. The Morgan fingerprint density at radius 1 is 1.00 bits per heavy atom. The van der Waals surface area contributed by atoms with Crippen LogP contribution in [0.15, 0.2) is 47.6 Å². The summed E-state index contributed by atoms with van der Waals surface area (Å²) < 4.78 is 11.5. The molecule has 0 aromatic heterocycles. The van der Waals surface area contributed by atoms with Gasteiger partial charge in [-0.2, -0.15) is 5.10 Å². The molecule has 0 atom stereocenters. The molecule has 2 aromatic carbocycles. The Bertz CT molecular complexity index is 844. The number of hydrazone groups is 1. The van der Waals surface area contributed by atoms with Crippen molar-refractivity contribution in [2.45, 2.75) is 72.1 Å². The van der Waals surface area contributed by atoms with Gasteiger partial charge in [0.2, 0.25) is 0 Å². The van der Waals surface area contributed by atoms with Crippen molar-refractivity contribution in [1.82, 2.24) is 5.43 Å². The van der Waals surface area contributed by atoms with Crippen LogP contribution in [0.25, 0.3) is 0 Å². The van der Waals surface area contributed by atoms with Crippen molar-refractivity contribution in [2.24, 2.45) is 5.10 Å². The maximum atomic E-state index is 12.1. The van der Waals surface area contributed by atoms with E-state index in [9.17, 15) is 4.79 Å². The summed E-state index contributed by atoms with van der Waals surface area (Å²) >= 11 is 0. The fourth-order valence-electron chi connectivity index (χ4n) is 3.32. The molecule has 1 amide bonds. The van der Waals surface area contributed by atoms with Gasteiger partial charge in [0.05, 0.1) is 12.8 Å². The smallest absolute Gasteiger partial charge is 0.277 e. The van der Waals surface area contributed by atoms with E-state index >= 15 is 0 Å². The third kappa shape index (κ3) is 9.54. The van der Waals surface area contributed by atoms with Crippen molar-refractivity contribution in [1.29, 1.82) is 0 Å². The zero-order valence-corrected chi connectivity index (χ0v) is 20.0. The number of carbonyl (C=O) groups is 1. The van der Waals surface area contributed by atoms with Gasteiger partial charge in [-0.1, -0.05) is 65.0 Å². The summed E-state index contributed by atoms with van der Waals surface area (Å²) in [5.74, 6) is 1.63. The quantitative estimate of drug-likeness (QED) is 0.211. The monoisotopic (exact) mass is 438 g/mol. The van der Waals surface area contributed by atoms with E-state index in [-0.39, 0.29) is 12.5 Å². The summed E-state index contributed by atoms with van der Waals surface area (Å²) in [6.45, 7) is 9.11. The van der Waals surface area contributed by atoms with Crippen molar-refractivity contribution >= 4 is 12.1 Å². The molecular formula is C27H38N2O3. The molecular weight excluding hydrogens is 400 g/mol. The van der Waals surface area contributed by atoms with Crippen LogP contribution in [-0.2, 0) is 4.79 Å². The van der Waals surface area contributed by atoms with E-state index < -0.39 is 0 Å². The summed E-state index contributed by atoms with van der Waals surface area (Å²) in [7, 11) is 0. The molecule has 5 nitrogen and oxygen atoms in total. The van der Waals surface area contributed by atoms with Gasteiger partial charge in [0.1, 0.15) is 11.5 Å². The lowest BCUT2D eigenvalue weighted by Crippen LogP contribution is -2.25. The predicted octanol–water partition coefficient (Wildman–Crippen LogP) is 6.39. The maximum absolute atomic E-state index is 12.1. The average molecular weight is 439 g/mol. The highest BCUT2D eigenvalue weighted by molar-refractivity contribution is 5.83. The Labute approximate surface area is 193 Å². The molecule has 0 unspecified atom stereocenters. The fraction of sp³-hybridized carbons (Fsp3) is 0.481. The van der Waals surface area contributed by atoms with E-state index in [1.54, 1.807) is 6.21 Å². The molecule has 0 aliphatic heterocycles. The Morgan fingerprint density at radius 2 is 1.72 bits per heavy atom. The van der Waals surface area contributed by atoms with Gasteiger partial charge >= 0.3 is 0 Å². The third-order valence-corrected chi connectivity index (χ3v) is 5.20. The SMILES string of the molecule is CCCCCCCCOc1ccc(/C=N\NC(=O)COc2cc(C)ccc2C(C)C)cc1. The average Bonchev–Trinajstić information content (AvgIpc) is 2.78. The molecule has 0 saturated carbocycles. The number of aryl methyl sites for hydroxylation is 1. The number of unbranched alkanes of at least 4 members (excludes halogenated alkanes) is 5. The lowest BCUT2D eigenvalue weighted by atomic mass is 10.0. The second kappa shape index (κ2) is 14.3. The largest absolute Gasteiger partial charge is 0.494 e. The lowest BCUT2D eigenvalue weighted by Gasteiger charge is -2.14. The molecule has 0 spiro atoms. The highest BCUT2D eigenvalue weighted by atomic mass is 16.5. The minimum Gasteiger partial charge on any atom is -0.494 e. The molecule has 1 N–H and O–H groups in total. The first-order valence-electron chi connectivity index (χ1n) is 11.8. The van der Waals surface area contributed by atoms with Gasteiger partial charge in [0, 0.05) is 0 Å². The van der Waals surface area contributed by atoms with Crippen LogP contribution in [0.3, 0.4) is 0 Å². The number of hydrogen-bond acceptors (Lipinski definition) is 4. The van der Waals surface area contributed by atoms with Gasteiger partial charge in [0.25, 0.3) is 5.91 Å². The van der Waals surface area contributed by atoms with Crippen molar-refractivity contribution in [3.8, 4) is 11.5 Å². The normalized spacial score (nSPS) is 11.2. The van der Waals surface area contributed by atoms with Crippen LogP contribution < -0.4 is 14.9 Å². The topological polar surface area (TPSA) is 59.9 Å². The molecule has 32 heavy (non-hydrogen) atoms. The van der Waals surface area contributed by atoms with Crippen LogP contribution in [0.5, 0.6) is 11.5 Å². The Hall–Kier alpha value is -2.82. The minimum atomic E-state index is -0.295. The lowest BCUT2D eigenvalue weighted by molar-refractivity contribution is -0.123. The number of nitrogens with one attached hydrogen (secondary N) is 1. The number of hydrogen-bond donors (Lipinski definition) is 1. The summed E-state index contributed by atoms with van der Waals surface area (Å²) in [5, 5.41) is 4.02. The van der Waals surface area contributed by atoms with Crippen LogP contribution in [0, 0.1) is 6.92 Å². The molecule has 0 fully saturated rings. The number of carbonyl (C=O) groups excluding carboxylic acids is 1. The highest BCUT2D eigenvalue weighted by Gasteiger charge is 2.10. The molecule has 174 valence electrons. The van der Waals surface area contributed by atoms with Crippen LogP contribution in [0.2, 0.25) is 0 Å². The first-order chi connectivity index (χ1) is 15.5. The van der Waals surface area contributed by atoms with E-state index in [1.165, 1.54) is 32.1 Å². The second-order valence-corrected chi connectivity index (χ2v) is 8.46. The summed E-state index contributed by atoms with van der Waals surface area (Å²) in [5.41, 5.74) is 5.59. The number of rotatable bonds is 14. The molecule has 0 aliphatic rings. The minimum absolute atomic E-state index is 0.0776. The van der Waals surface area contributed by atoms with E-state index in [4.69, 9.17) is 9.47 Å². The van der Waals surface area contributed by atoms with E-state index in [0.717, 1.165) is 41.2 Å². The number of ether oxygens (including phenoxy) is 2. The van der Waals surface area contributed by atoms with Crippen molar-refractivity contribution < 1.29 is 14.3 Å². The first-order valence-corrected chi connectivity index (χ1v) is 11.8. The highest BCUT2D eigenvalue weighted by Crippen LogP contribution is 2.27. The van der Waals surface area contributed by atoms with Gasteiger partial charge in [-0.05, 0) is 66.3 Å². The zero-order chi connectivity index (χ0) is 23.2. The van der Waals surface area contributed by atoms with Crippen LogP contribution in [0.4, 0.5) is 0 Å². The summed E-state index contributed by atoms with van der Waals surface area (Å²) in [6, 6.07) is 13.8. The Kier molecular flexibility index (Phi) is 11.4. The standard InChI is InChI=1S/C27H38N2O3/c1-5-6-7-8-9-10-17-31-24-14-12-23(13-15-24)19-28-29-27(30)20-32-26-18-22(4)11-16-25(26)21(2)3/h11-16,18-19,21H,5-10,17,20H2,1-4H3,(H,29,30)/b28-19-. The van der Waals surface area contributed by atoms with Crippen molar-refractivity contribution in [3.05, 3.63) is 59.2 Å². The maximum Gasteiger partial charge on any atom is 0.277 e. The van der Waals surface area contributed by atoms with E-state index in [2.05, 4.69) is 37.4 Å². The molecule has 0 bridgehead atoms. The van der Waals surface area contributed by atoms with Crippen LogP contribution in [-0.4, -0.2) is 25.3 Å². The number of nitrogens with zero attached hydrogens (tertiary/aromatic N) is 1. The first kappa shape index (κ1) is 25.4. The molecule has 0 saturated heterocycles. The Morgan fingerprint density at radius 3 is 2.44 bits per heavy atom. The van der Waals surface area contributed by atoms with E-state index in [0.29, 0.717) is 5.92 Å².